The Morgan fingerprint density at radius 3 is 2.50 bits per heavy atom. The standard InChI is InChI=1S/C11H17ClN2S.ClH/c1-8-5-13-6-9(2)14(8)7-10-3-4-11(12)15-10;/h3-4,8-9,13H,5-7H2,1-2H3;1H/t8-,9+;. The summed E-state index contributed by atoms with van der Waals surface area (Å²) in [5, 5.41) is 3.44. The van der Waals surface area contributed by atoms with Crippen LogP contribution in [0, 0.1) is 0 Å². The Morgan fingerprint density at radius 2 is 2.00 bits per heavy atom. The molecule has 0 aliphatic carbocycles. The third-order valence-corrected chi connectivity index (χ3v) is 4.19. The Balaban J connectivity index is 0.00000128. The zero-order valence-corrected chi connectivity index (χ0v) is 12.0. The summed E-state index contributed by atoms with van der Waals surface area (Å²) in [6, 6.07) is 5.33. The predicted molar refractivity (Wildman–Crippen MR) is 73.9 cm³/mol. The summed E-state index contributed by atoms with van der Waals surface area (Å²) in [6.07, 6.45) is 0. The van der Waals surface area contributed by atoms with Gasteiger partial charge in [0, 0.05) is 36.6 Å². The minimum Gasteiger partial charge on any atom is -0.314 e. The molecule has 2 heterocycles. The molecule has 2 nitrogen and oxygen atoms in total. The molecule has 1 N–H and O–H groups in total. The average Bonchev–Trinajstić information content (AvgIpc) is 2.58. The Bertz CT molecular complexity index is 320. The molecule has 16 heavy (non-hydrogen) atoms. The fraction of sp³-hybridized carbons (Fsp3) is 0.636. The van der Waals surface area contributed by atoms with Crippen molar-refractivity contribution < 1.29 is 0 Å². The number of rotatable bonds is 2. The Hall–Kier alpha value is 0.200. The molecule has 0 spiro atoms. The van der Waals surface area contributed by atoms with Crippen LogP contribution < -0.4 is 5.32 Å². The molecule has 0 radical (unpaired) electrons. The number of thiophene rings is 1. The summed E-state index contributed by atoms with van der Waals surface area (Å²) in [6.45, 7) is 7.75. The molecule has 1 aromatic heterocycles. The molecule has 1 aliphatic heterocycles. The summed E-state index contributed by atoms with van der Waals surface area (Å²) in [5.74, 6) is 0. The van der Waals surface area contributed by atoms with Crippen molar-refractivity contribution in [2.45, 2.75) is 32.5 Å². The zero-order valence-electron chi connectivity index (χ0n) is 9.57. The SMILES string of the molecule is C[C@@H]1CNC[C@H](C)N1Cc1ccc(Cl)s1.Cl. The summed E-state index contributed by atoms with van der Waals surface area (Å²) >= 11 is 7.63. The van der Waals surface area contributed by atoms with Gasteiger partial charge in [0.25, 0.3) is 0 Å². The second-order valence-corrected chi connectivity index (χ2v) is 6.03. The highest BCUT2D eigenvalue weighted by atomic mass is 35.5. The molecular formula is C11H18Cl2N2S. The number of halogens is 2. The molecule has 0 aromatic carbocycles. The van der Waals surface area contributed by atoms with Crippen LogP contribution in [0.3, 0.4) is 0 Å². The lowest BCUT2D eigenvalue weighted by molar-refractivity contribution is 0.110. The highest BCUT2D eigenvalue weighted by Crippen LogP contribution is 2.24. The van der Waals surface area contributed by atoms with Crippen molar-refractivity contribution in [2.75, 3.05) is 13.1 Å². The van der Waals surface area contributed by atoms with Gasteiger partial charge in [0.15, 0.2) is 0 Å². The molecule has 0 amide bonds. The van der Waals surface area contributed by atoms with E-state index in [9.17, 15) is 0 Å². The molecule has 1 aromatic rings. The molecule has 2 rings (SSSR count). The molecule has 5 heteroatoms. The summed E-state index contributed by atoms with van der Waals surface area (Å²) in [4.78, 5) is 3.90. The number of nitrogens with one attached hydrogen (secondary N) is 1. The van der Waals surface area contributed by atoms with Gasteiger partial charge in [-0.2, -0.15) is 0 Å². The van der Waals surface area contributed by atoms with E-state index in [0.717, 1.165) is 24.0 Å². The van der Waals surface area contributed by atoms with Crippen LogP contribution in [0.25, 0.3) is 0 Å². The zero-order chi connectivity index (χ0) is 10.8. The molecule has 2 atom stereocenters. The summed E-state index contributed by atoms with van der Waals surface area (Å²) in [7, 11) is 0. The van der Waals surface area contributed by atoms with Gasteiger partial charge >= 0.3 is 0 Å². The van der Waals surface area contributed by atoms with Crippen LogP contribution in [0.2, 0.25) is 4.34 Å². The molecule has 0 saturated carbocycles. The van der Waals surface area contributed by atoms with Crippen LogP contribution >= 0.6 is 35.3 Å². The van der Waals surface area contributed by atoms with Crippen LogP contribution in [0.1, 0.15) is 18.7 Å². The topological polar surface area (TPSA) is 15.3 Å². The fourth-order valence-electron chi connectivity index (χ4n) is 2.10. The van der Waals surface area contributed by atoms with Crippen molar-refractivity contribution in [3.05, 3.63) is 21.3 Å². The Labute approximate surface area is 112 Å². The minimum absolute atomic E-state index is 0. The van der Waals surface area contributed by atoms with E-state index in [2.05, 4.69) is 30.1 Å². The third-order valence-electron chi connectivity index (χ3n) is 2.98. The van der Waals surface area contributed by atoms with Crippen molar-refractivity contribution in [1.82, 2.24) is 10.2 Å². The van der Waals surface area contributed by atoms with Gasteiger partial charge in [-0.1, -0.05) is 11.6 Å². The number of piperazine rings is 1. The van der Waals surface area contributed by atoms with Crippen LogP contribution in [-0.4, -0.2) is 30.1 Å². The van der Waals surface area contributed by atoms with E-state index in [1.807, 2.05) is 6.07 Å². The second kappa shape index (κ2) is 6.22. The number of hydrogen-bond acceptors (Lipinski definition) is 3. The molecule has 1 saturated heterocycles. The monoisotopic (exact) mass is 280 g/mol. The van der Waals surface area contributed by atoms with Crippen molar-refractivity contribution in [3.63, 3.8) is 0 Å². The van der Waals surface area contributed by atoms with Crippen LogP contribution in [0.4, 0.5) is 0 Å². The van der Waals surface area contributed by atoms with E-state index >= 15 is 0 Å². The lowest BCUT2D eigenvalue weighted by atomic mass is 10.1. The smallest absolute Gasteiger partial charge is 0.0931 e. The fourth-order valence-corrected chi connectivity index (χ4v) is 3.19. The van der Waals surface area contributed by atoms with Gasteiger partial charge in [-0.25, -0.2) is 0 Å². The van der Waals surface area contributed by atoms with Crippen molar-refractivity contribution in [2.24, 2.45) is 0 Å². The second-order valence-electron chi connectivity index (χ2n) is 4.23. The van der Waals surface area contributed by atoms with Crippen molar-refractivity contribution in [3.8, 4) is 0 Å². The maximum atomic E-state index is 5.94. The highest BCUT2D eigenvalue weighted by Gasteiger charge is 2.24. The minimum atomic E-state index is 0. The molecular weight excluding hydrogens is 263 g/mol. The van der Waals surface area contributed by atoms with E-state index in [-0.39, 0.29) is 12.4 Å². The largest absolute Gasteiger partial charge is 0.314 e. The van der Waals surface area contributed by atoms with Crippen molar-refractivity contribution >= 4 is 35.3 Å². The molecule has 1 aliphatic rings. The third kappa shape index (κ3) is 3.34. The van der Waals surface area contributed by atoms with Crippen molar-refractivity contribution in [1.29, 1.82) is 0 Å². The highest BCUT2D eigenvalue weighted by molar-refractivity contribution is 7.16. The van der Waals surface area contributed by atoms with Crippen LogP contribution in [-0.2, 0) is 6.54 Å². The lowest BCUT2D eigenvalue weighted by Gasteiger charge is -2.39. The van der Waals surface area contributed by atoms with Gasteiger partial charge in [-0.3, -0.25) is 4.90 Å². The summed E-state index contributed by atoms with van der Waals surface area (Å²) in [5.41, 5.74) is 0. The molecule has 1 fully saturated rings. The van der Waals surface area contributed by atoms with Gasteiger partial charge in [0.05, 0.1) is 4.34 Å². The predicted octanol–water partition coefficient (Wildman–Crippen LogP) is 3.01. The van der Waals surface area contributed by atoms with Gasteiger partial charge in [-0.05, 0) is 26.0 Å². The normalized spacial score (nSPS) is 26.4. The van der Waals surface area contributed by atoms with Gasteiger partial charge in [0.1, 0.15) is 0 Å². The quantitative estimate of drug-likeness (QED) is 0.896. The molecule has 0 unspecified atom stereocenters. The number of hydrogen-bond donors (Lipinski definition) is 1. The molecule has 0 bridgehead atoms. The Kier molecular flexibility index (Phi) is 5.54. The van der Waals surface area contributed by atoms with Gasteiger partial charge < -0.3 is 5.32 Å². The first-order valence-corrected chi connectivity index (χ1v) is 6.57. The van der Waals surface area contributed by atoms with Crippen LogP contribution in [0.5, 0.6) is 0 Å². The van der Waals surface area contributed by atoms with E-state index in [1.54, 1.807) is 11.3 Å². The maximum absolute atomic E-state index is 5.94. The van der Waals surface area contributed by atoms with Gasteiger partial charge in [0.2, 0.25) is 0 Å². The first-order chi connectivity index (χ1) is 7.16. The average molecular weight is 281 g/mol. The van der Waals surface area contributed by atoms with E-state index in [4.69, 9.17) is 11.6 Å². The van der Waals surface area contributed by atoms with E-state index < -0.39 is 0 Å². The van der Waals surface area contributed by atoms with E-state index in [0.29, 0.717) is 12.1 Å². The van der Waals surface area contributed by atoms with E-state index in [1.165, 1.54) is 4.88 Å². The maximum Gasteiger partial charge on any atom is 0.0931 e. The Morgan fingerprint density at radius 1 is 1.38 bits per heavy atom. The lowest BCUT2D eigenvalue weighted by Crippen LogP contribution is -2.54. The summed E-state index contributed by atoms with van der Waals surface area (Å²) < 4.78 is 0.889. The first-order valence-electron chi connectivity index (χ1n) is 5.37. The molecule has 92 valence electrons. The first kappa shape index (κ1) is 14.3. The number of nitrogens with zero attached hydrogens (tertiary/aromatic N) is 1. The van der Waals surface area contributed by atoms with Gasteiger partial charge in [-0.15, -0.1) is 23.7 Å². The van der Waals surface area contributed by atoms with Crippen LogP contribution in [0.15, 0.2) is 12.1 Å².